The number of ether oxygens (including phenoxy) is 1. The summed E-state index contributed by atoms with van der Waals surface area (Å²) >= 11 is 0. The zero-order chi connectivity index (χ0) is 24.3. The van der Waals surface area contributed by atoms with Crippen LogP contribution in [0.5, 0.6) is 5.75 Å². The highest BCUT2D eigenvalue weighted by atomic mass is 16.5. The van der Waals surface area contributed by atoms with Gasteiger partial charge in [0.1, 0.15) is 11.8 Å². The van der Waals surface area contributed by atoms with E-state index in [9.17, 15) is 10.1 Å². The van der Waals surface area contributed by atoms with Crippen molar-refractivity contribution in [1.82, 2.24) is 0 Å². The van der Waals surface area contributed by atoms with Gasteiger partial charge in [-0.3, -0.25) is 4.79 Å². The Hall–Kier alpha value is -2.60. The molecule has 1 saturated carbocycles. The quantitative estimate of drug-likeness (QED) is 0.193. The highest BCUT2D eigenvalue weighted by Crippen LogP contribution is 2.37. The van der Waals surface area contributed by atoms with Gasteiger partial charge in [-0.25, -0.2) is 0 Å². The topological polar surface area (TPSA) is 50.1 Å². The molecule has 3 nitrogen and oxygen atoms in total. The number of nitriles is 1. The Bertz CT molecular complexity index is 948. The summed E-state index contributed by atoms with van der Waals surface area (Å²) in [5.41, 5.74) is 4.39. The summed E-state index contributed by atoms with van der Waals surface area (Å²) in [6.07, 6.45) is 12.1. The molecule has 0 radical (unpaired) electrons. The van der Waals surface area contributed by atoms with Gasteiger partial charge in [0.2, 0.25) is 0 Å². The maximum absolute atomic E-state index is 12.8. The molecule has 0 aromatic heterocycles. The summed E-state index contributed by atoms with van der Waals surface area (Å²) in [4.78, 5) is 12.8. The van der Waals surface area contributed by atoms with Crippen molar-refractivity contribution in [2.24, 2.45) is 11.8 Å². The molecule has 0 saturated heterocycles. The lowest BCUT2D eigenvalue weighted by atomic mass is 9.78. The fraction of sp³-hybridized carbons (Fsp3) is 0.548. The van der Waals surface area contributed by atoms with Crippen LogP contribution in [0.2, 0.25) is 0 Å². The molecule has 2 aromatic rings. The molecule has 0 spiro atoms. The Kier molecular flexibility index (Phi) is 10.2. The predicted octanol–water partition coefficient (Wildman–Crippen LogP) is 8.15. The van der Waals surface area contributed by atoms with Crippen molar-refractivity contribution in [3.05, 3.63) is 64.7 Å². The van der Waals surface area contributed by atoms with Crippen LogP contribution in [-0.4, -0.2) is 5.97 Å². The van der Waals surface area contributed by atoms with Gasteiger partial charge in [-0.1, -0.05) is 83.2 Å². The van der Waals surface area contributed by atoms with Crippen molar-refractivity contribution >= 4 is 5.97 Å². The molecule has 1 unspecified atom stereocenters. The molecule has 0 bridgehead atoms. The standard InChI is InChI=1S/C31H41NO2/c1-4-6-7-9-23(3)20-25-10-13-26(14-11-25)27-15-17-28(18-16-27)31(33)34-30-19-12-24(8-5-2)21-29(30)22-32/h10-14,19,21,23,27-28H,4-9,15-18,20H2,1-3H3. The van der Waals surface area contributed by atoms with E-state index in [4.69, 9.17) is 4.74 Å². The lowest BCUT2D eigenvalue weighted by Gasteiger charge is -2.27. The van der Waals surface area contributed by atoms with E-state index in [0.29, 0.717) is 17.2 Å². The van der Waals surface area contributed by atoms with Crippen molar-refractivity contribution in [3.63, 3.8) is 0 Å². The number of esters is 1. The Morgan fingerprint density at radius 2 is 1.71 bits per heavy atom. The summed E-state index contributed by atoms with van der Waals surface area (Å²) in [6.45, 7) is 6.74. The fourth-order valence-corrected chi connectivity index (χ4v) is 5.22. The summed E-state index contributed by atoms with van der Waals surface area (Å²) < 4.78 is 5.68. The molecule has 182 valence electrons. The van der Waals surface area contributed by atoms with E-state index in [1.165, 1.54) is 36.8 Å². The first kappa shape index (κ1) is 26.0. The maximum Gasteiger partial charge on any atom is 0.314 e. The molecule has 34 heavy (non-hydrogen) atoms. The molecule has 1 atom stereocenters. The number of carbonyl (C=O) groups excluding carboxylic acids is 1. The summed E-state index contributed by atoms with van der Waals surface area (Å²) in [6, 6.07) is 17.0. The van der Waals surface area contributed by atoms with Crippen LogP contribution in [-0.2, 0) is 17.6 Å². The number of hydrogen-bond acceptors (Lipinski definition) is 3. The Morgan fingerprint density at radius 1 is 1.00 bits per heavy atom. The van der Waals surface area contributed by atoms with Crippen LogP contribution in [0.25, 0.3) is 0 Å². The summed E-state index contributed by atoms with van der Waals surface area (Å²) in [5, 5.41) is 9.47. The molecule has 0 amide bonds. The van der Waals surface area contributed by atoms with Gasteiger partial charge in [-0.15, -0.1) is 0 Å². The van der Waals surface area contributed by atoms with Gasteiger partial charge in [-0.05, 0) is 79.2 Å². The minimum atomic E-state index is -0.189. The van der Waals surface area contributed by atoms with Gasteiger partial charge >= 0.3 is 5.97 Å². The third-order valence-electron chi connectivity index (χ3n) is 7.31. The molecule has 1 aliphatic carbocycles. The van der Waals surface area contributed by atoms with E-state index >= 15 is 0 Å². The normalized spacial score (nSPS) is 18.8. The van der Waals surface area contributed by atoms with Crippen LogP contribution in [0, 0.1) is 23.2 Å². The van der Waals surface area contributed by atoms with Crippen LogP contribution in [0.1, 0.15) is 107 Å². The number of aryl methyl sites for hydroxylation is 1. The fourth-order valence-electron chi connectivity index (χ4n) is 5.22. The first-order valence-corrected chi connectivity index (χ1v) is 13.4. The number of hydrogen-bond donors (Lipinski definition) is 0. The van der Waals surface area contributed by atoms with Crippen LogP contribution < -0.4 is 4.74 Å². The first-order chi connectivity index (χ1) is 16.5. The SMILES string of the molecule is CCCCCC(C)Cc1ccc(C2CCC(C(=O)Oc3ccc(CCC)cc3C#N)CC2)cc1. The second-order valence-electron chi connectivity index (χ2n) is 10.2. The van der Waals surface area contributed by atoms with Crippen molar-refractivity contribution < 1.29 is 9.53 Å². The van der Waals surface area contributed by atoms with Gasteiger partial charge in [0.15, 0.2) is 0 Å². The highest BCUT2D eigenvalue weighted by Gasteiger charge is 2.29. The molecule has 0 N–H and O–H groups in total. The smallest absolute Gasteiger partial charge is 0.314 e. The Balaban J connectivity index is 1.49. The lowest BCUT2D eigenvalue weighted by molar-refractivity contribution is -0.140. The third kappa shape index (κ3) is 7.45. The number of rotatable bonds is 11. The molecule has 1 aliphatic rings. The third-order valence-corrected chi connectivity index (χ3v) is 7.31. The Labute approximate surface area is 206 Å². The van der Waals surface area contributed by atoms with Crippen molar-refractivity contribution in [2.75, 3.05) is 0 Å². The number of nitrogens with zero attached hydrogens (tertiary/aromatic N) is 1. The minimum absolute atomic E-state index is 0.0821. The largest absolute Gasteiger partial charge is 0.425 e. The van der Waals surface area contributed by atoms with Crippen molar-refractivity contribution in [1.29, 1.82) is 5.26 Å². The van der Waals surface area contributed by atoms with E-state index in [-0.39, 0.29) is 11.9 Å². The zero-order valence-corrected chi connectivity index (χ0v) is 21.3. The maximum atomic E-state index is 12.8. The van der Waals surface area contributed by atoms with Crippen LogP contribution in [0.15, 0.2) is 42.5 Å². The van der Waals surface area contributed by atoms with Crippen molar-refractivity contribution in [3.8, 4) is 11.8 Å². The summed E-state index contributed by atoms with van der Waals surface area (Å²) in [5.74, 6) is 1.38. The minimum Gasteiger partial charge on any atom is -0.425 e. The zero-order valence-electron chi connectivity index (χ0n) is 21.3. The van der Waals surface area contributed by atoms with Gasteiger partial charge < -0.3 is 4.74 Å². The van der Waals surface area contributed by atoms with E-state index in [2.05, 4.69) is 51.1 Å². The van der Waals surface area contributed by atoms with E-state index in [1.807, 2.05) is 12.1 Å². The lowest BCUT2D eigenvalue weighted by Crippen LogP contribution is -2.25. The number of unbranched alkanes of at least 4 members (excludes halogenated alkanes) is 2. The molecule has 2 aromatic carbocycles. The first-order valence-electron chi connectivity index (χ1n) is 13.4. The predicted molar refractivity (Wildman–Crippen MR) is 139 cm³/mol. The van der Waals surface area contributed by atoms with Crippen LogP contribution in [0.4, 0.5) is 0 Å². The van der Waals surface area contributed by atoms with Crippen LogP contribution in [0.3, 0.4) is 0 Å². The molecule has 0 heterocycles. The average Bonchev–Trinajstić information content (AvgIpc) is 2.86. The monoisotopic (exact) mass is 459 g/mol. The number of benzene rings is 2. The number of carbonyl (C=O) groups is 1. The van der Waals surface area contributed by atoms with Crippen LogP contribution >= 0.6 is 0 Å². The van der Waals surface area contributed by atoms with E-state index in [1.54, 1.807) is 6.07 Å². The molecule has 0 aliphatic heterocycles. The van der Waals surface area contributed by atoms with Gasteiger partial charge in [0.25, 0.3) is 0 Å². The second kappa shape index (κ2) is 13.3. The Morgan fingerprint density at radius 3 is 2.35 bits per heavy atom. The van der Waals surface area contributed by atoms with Gasteiger partial charge in [-0.2, -0.15) is 5.26 Å². The average molecular weight is 460 g/mol. The van der Waals surface area contributed by atoms with Gasteiger partial charge in [0.05, 0.1) is 11.5 Å². The summed E-state index contributed by atoms with van der Waals surface area (Å²) in [7, 11) is 0. The molecule has 3 heteroatoms. The molecule has 1 fully saturated rings. The molecular weight excluding hydrogens is 418 g/mol. The molecule has 3 rings (SSSR count). The second-order valence-corrected chi connectivity index (χ2v) is 10.2. The van der Waals surface area contributed by atoms with E-state index in [0.717, 1.165) is 56.4 Å². The van der Waals surface area contributed by atoms with E-state index < -0.39 is 0 Å². The van der Waals surface area contributed by atoms with Crippen molar-refractivity contribution in [2.45, 2.75) is 97.3 Å². The highest BCUT2D eigenvalue weighted by molar-refractivity contribution is 5.76. The van der Waals surface area contributed by atoms with Gasteiger partial charge in [0, 0.05) is 0 Å². The molecular formula is C31H41NO2.